The molecule has 2 N–H and O–H groups in total. The summed E-state index contributed by atoms with van der Waals surface area (Å²) in [6.07, 6.45) is 5.38. The molecule has 0 spiro atoms. The van der Waals surface area contributed by atoms with Crippen molar-refractivity contribution in [2.24, 2.45) is 0 Å². The van der Waals surface area contributed by atoms with Crippen LogP contribution in [0.4, 0.5) is 10.6 Å². The van der Waals surface area contributed by atoms with Gasteiger partial charge in [0.2, 0.25) is 0 Å². The van der Waals surface area contributed by atoms with E-state index in [0.717, 1.165) is 24.5 Å². The summed E-state index contributed by atoms with van der Waals surface area (Å²) in [6.45, 7) is 6.05. The summed E-state index contributed by atoms with van der Waals surface area (Å²) in [5, 5.41) is 9.98. The van der Waals surface area contributed by atoms with Crippen molar-refractivity contribution in [1.82, 2.24) is 25.4 Å². The van der Waals surface area contributed by atoms with E-state index in [4.69, 9.17) is 4.74 Å². The molecule has 1 fully saturated rings. The fourth-order valence-electron chi connectivity index (χ4n) is 2.81. The average Bonchev–Trinajstić information content (AvgIpc) is 3.14. The summed E-state index contributed by atoms with van der Waals surface area (Å²) in [5.41, 5.74) is 0.999. The van der Waals surface area contributed by atoms with Gasteiger partial charge in [0.15, 0.2) is 0 Å². The Morgan fingerprint density at radius 2 is 2.16 bits per heavy atom. The van der Waals surface area contributed by atoms with Crippen molar-refractivity contribution in [3.05, 3.63) is 42.4 Å². The molecule has 2 amide bonds. The summed E-state index contributed by atoms with van der Waals surface area (Å²) in [6, 6.07) is 5.52. The molecule has 1 aliphatic rings. The van der Waals surface area contributed by atoms with Crippen LogP contribution in [0.1, 0.15) is 12.5 Å². The Hall–Kier alpha value is -2.61. The van der Waals surface area contributed by atoms with Crippen LogP contribution >= 0.6 is 0 Å². The van der Waals surface area contributed by atoms with Crippen molar-refractivity contribution in [2.75, 3.05) is 31.2 Å². The zero-order valence-electron chi connectivity index (χ0n) is 14.4. The lowest BCUT2D eigenvalue weighted by Crippen LogP contribution is -2.42. The van der Waals surface area contributed by atoms with E-state index in [0.29, 0.717) is 26.3 Å². The molecule has 1 aliphatic heterocycles. The maximum absolute atomic E-state index is 12.1. The number of hydrogen-bond acceptors (Lipinski definition) is 5. The van der Waals surface area contributed by atoms with Gasteiger partial charge in [0.05, 0.1) is 19.8 Å². The largest absolute Gasteiger partial charge is 0.378 e. The van der Waals surface area contributed by atoms with Crippen LogP contribution in [0, 0.1) is 0 Å². The Morgan fingerprint density at radius 1 is 1.32 bits per heavy atom. The van der Waals surface area contributed by atoms with Crippen LogP contribution in [-0.4, -0.2) is 53.1 Å². The second kappa shape index (κ2) is 8.48. The fourth-order valence-corrected chi connectivity index (χ4v) is 2.81. The number of carbonyl (C=O) groups is 1. The van der Waals surface area contributed by atoms with Gasteiger partial charge in [-0.2, -0.15) is 5.10 Å². The predicted molar refractivity (Wildman–Crippen MR) is 94.3 cm³/mol. The average molecular weight is 344 g/mol. The SMILES string of the molecule is C[C@H](Cn1cccn1)NC(=O)NCc1cccnc1N1CCOCC1. The van der Waals surface area contributed by atoms with E-state index < -0.39 is 0 Å². The summed E-state index contributed by atoms with van der Waals surface area (Å²) in [7, 11) is 0. The molecule has 3 rings (SSSR count). The quantitative estimate of drug-likeness (QED) is 0.817. The molecule has 1 saturated heterocycles. The van der Waals surface area contributed by atoms with E-state index in [1.807, 2.05) is 31.3 Å². The number of rotatable bonds is 6. The lowest BCUT2D eigenvalue weighted by molar-refractivity contribution is 0.122. The number of anilines is 1. The molecular formula is C17H24N6O2. The van der Waals surface area contributed by atoms with E-state index in [2.05, 4.69) is 25.6 Å². The minimum absolute atomic E-state index is 0.0208. The van der Waals surface area contributed by atoms with Crippen LogP contribution in [0.2, 0.25) is 0 Å². The summed E-state index contributed by atoms with van der Waals surface area (Å²) in [5.74, 6) is 0.913. The molecule has 0 unspecified atom stereocenters. The zero-order valence-corrected chi connectivity index (χ0v) is 14.4. The first-order chi connectivity index (χ1) is 12.2. The molecule has 0 saturated carbocycles. The minimum atomic E-state index is -0.198. The van der Waals surface area contributed by atoms with Crippen LogP contribution in [0.25, 0.3) is 0 Å². The summed E-state index contributed by atoms with van der Waals surface area (Å²) >= 11 is 0. The highest BCUT2D eigenvalue weighted by molar-refractivity contribution is 5.74. The topological polar surface area (TPSA) is 84.3 Å². The second-order valence-corrected chi connectivity index (χ2v) is 6.04. The van der Waals surface area contributed by atoms with Crippen LogP contribution in [0.3, 0.4) is 0 Å². The van der Waals surface area contributed by atoms with Crippen molar-refractivity contribution in [2.45, 2.75) is 26.1 Å². The van der Waals surface area contributed by atoms with E-state index in [-0.39, 0.29) is 12.1 Å². The number of aromatic nitrogens is 3. The molecule has 25 heavy (non-hydrogen) atoms. The van der Waals surface area contributed by atoms with Crippen molar-refractivity contribution in [1.29, 1.82) is 0 Å². The van der Waals surface area contributed by atoms with E-state index >= 15 is 0 Å². The number of amides is 2. The number of pyridine rings is 1. The molecule has 3 heterocycles. The highest BCUT2D eigenvalue weighted by Crippen LogP contribution is 2.18. The van der Waals surface area contributed by atoms with Gasteiger partial charge in [0.1, 0.15) is 5.82 Å². The molecule has 8 nitrogen and oxygen atoms in total. The molecular weight excluding hydrogens is 320 g/mol. The van der Waals surface area contributed by atoms with Crippen molar-refractivity contribution < 1.29 is 9.53 Å². The maximum atomic E-state index is 12.1. The minimum Gasteiger partial charge on any atom is -0.378 e. The summed E-state index contributed by atoms with van der Waals surface area (Å²) in [4.78, 5) is 18.8. The predicted octanol–water partition coefficient (Wildman–Crippen LogP) is 1.00. The number of morpholine rings is 1. The fraction of sp³-hybridized carbons (Fsp3) is 0.471. The number of nitrogens with zero attached hydrogens (tertiary/aromatic N) is 4. The van der Waals surface area contributed by atoms with Crippen molar-refractivity contribution in [3.63, 3.8) is 0 Å². The van der Waals surface area contributed by atoms with Crippen molar-refractivity contribution in [3.8, 4) is 0 Å². The third-order valence-electron chi connectivity index (χ3n) is 4.02. The Kier molecular flexibility index (Phi) is 5.84. The van der Waals surface area contributed by atoms with Gasteiger partial charge in [-0.1, -0.05) is 6.07 Å². The molecule has 1 atom stereocenters. The lowest BCUT2D eigenvalue weighted by Gasteiger charge is -2.29. The highest BCUT2D eigenvalue weighted by atomic mass is 16.5. The van der Waals surface area contributed by atoms with Crippen LogP contribution in [0.15, 0.2) is 36.8 Å². The van der Waals surface area contributed by atoms with Crippen LogP contribution < -0.4 is 15.5 Å². The Bertz CT molecular complexity index is 670. The normalized spacial score (nSPS) is 15.6. The van der Waals surface area contributed by atoms with Gasteiger partial charge in [0.25, 0.3) is 0 Å². The van der Waals surface area contributed by atoms with Gasteiger partial charge in [0, 0.05) is 49.8 Å². The number of urea groups is 1. The van der Waals surface area contributed by atoms with Gasteiger partial charge >= 0.3 is 6.03 Å². The molecule has 0 aliphatic carbocycles. The molecule has 134 valence electrons. The smallest absolute Gasteiger partial charge is 0.315 e. The van der Waals surface area contributed by atoms with E-state index in [1.165, 1.54) is 0 Å². The standard InChI is InChI=1S/C17H24N6O2/c1-14(13-23-7-3-6-20-23)21-17(24)19-12-15-4-2-5-18-16(15)22-8-10-25-11-9-22/h2-7,14H,8-13H2,1H3,(H2,19,21,24)/t14-/m1/s1. The zero-order chi connectivity index (χ0) is 17.5. The molecule has 0 radical (unpaired) electrons. The monoisotopic (exact) mass is 344 g/mol. The number of nitrogens with one attached hydrogen (secondary N) is 2. The van der Waals surface area contributed by atoms with Gasteiger partial charge < -0.3 is 20.3 Å². The Morgan fingerprint density at radius 3 is 2.92 bits per heavy atom. The van der Waals surface area contributed by atoms with Gasteiger partial charge in [-0.3, -0.25) is 4.68 Å². The second-order valence-electron chi connectivity index (χ2n) is 6.04. The first-order valence-electron chi connectivity index (χ1n) is 8.51. The maximum Gasteiger partial charge on any atom is 0.315 e. The van der Waals surface area contributed by atoms with Crippen LogP contribution in [-0.2, 0) is 17.8 Å². The van der Waals surface area contributed by atoms with Crippen molar-refractivity contribution >= 4 is 11.8 Å². The molecule has 2 aromatic rings. The number of carbonyl (C=O) groups excluding carboxylic acids is 1. The van der Waals surface area contributed by atoms with E-state index in [1.54, 1.807) is 17.1 Å². The molecule has 0 aromatic carbocycles. The van der Waals surface area contributed by atoms with Crippen LogP contribution in [0.5, 0.6) is 0 Å². The lowest BCUT2D eigenvalue weighted by atomic mass is 10.2. The first kappa shape index (κ1) is 17.2. The van der Waals surface area contributed by atoms with E-state index in [9.17, 15) is 4.79 Å². The highest BCUT2D eigenvalue weighted by Gasteiger charge is 2.16. The number of ether oxygens (including phenoxy) is 1. The Balaban J connectivity index is 1.51. The molecule has 2 aromatic heterocycles. The third kappa shape index (κ3) is 4.93. The van der Waals surface area contributed by atoms with Gasteiger partial charge in [-0.05, 0) is 19.1 Å². The molecule has 0 bridgehead atoms. The summed E-state index contributed by atoms with van der Waals surface area (Å²) < 4.78 is 7.18. The first-order valence-corrected chi connectivity index (χ1v) is 8.51. The van der Waals surface area contributed by atoms with Gasteiger partial charge in [-0.15, -0.1) is 0 Å². The third-order valence-corrected chi connectivity index (χ3v) is 4.02. The van der Waals surface area contributed by atoms with Gasteiger partial charge in [-0.25, -0.2) is 9.78 Å². The number of hydrogen-bond donors (Lipinski definition) is 2. The Labute approximate surface area is 147 Å². The molecule has 8 heteroatoms.